The van der Waals surface area contributed by atoms with Gasteiger partial charge in [-0.3, -0.25) is 9.59 Å². The molecule has 234 valence electrons. The first-order valence-corrected chi connectivity index (χ1v) is 15.2. The number of likely N-dealkylation sites (N-methyl/N-ethyl adjacent to an activating group) is 1. The third-order valence-electron chi connectivity index (χ3n) is 6.28. The van der Waals surface area contributed by atoms with Gasteiger partial charge in [0.15, 0.2) is 6.10 Å². The number of unbranched alkanes of at least 4 members (excludes halogenated alkanes) is 4. The van der Waals surface area contributed by atoms with Crippen LogP contribution in [-0.4, -0.2) is 75.5 Å². The smallest absolute Gasteiger partial charge is 0.306 e. The van der Waals surface area contributed by atoms with Gasteiger partial charge in [-0.2, -0.15) is 0 Å². The molecule has 0 saturated carbocycles. The quantitative estimate of drug-likeness (QED) is 0.0634. The van der Waals surface area contributed by atoms with Crippen LogP contribution < -0.4 is 5.11 Å². The van der Waals surface area contributed by atoms with Crippen LogP contribution in [0.15, 0.2) is 48.6 Å². The molecule has 0 saturated heterocycles. The van der Waals surface area contributed by atoms with Crippen molar-refractivity contribution in [3.63, 3.8) is 0 Å². The van der Waals surface area contributed by atoms with Crippen molar-refractivity contribution < 1.29 is 38.2 Å². The molecule has 0 aromatic rings. The lowest BCUT2D eigenvalue weighted by molar-refractivity contribution is -0.889. The molecule has 0 radical (unpaired) electrons. The van der Waals surface area contributed by atoms with Gasteiger partial charge in [0.1, 0.15) is 12.6 Å². The standard InChI is InChI=1S/C33H55NO7/c1-6-8-9-10-11-12-13-14-15-16-17-18-19-20-21-22-23-24-32(36)41-29(28-40-31(35)7-2)27-39-26-25-30(33(37)38)34(3,4)5/h8-9,11-12,14-15,17-18,29-30H,6-7,10,13,16,19-28H2,1-5H3/b9-8-,12-11-,15-14-,18-17-. The van der Waals surface area contributed by atoms with Gasteiger partial charge in [0.2, 0.25) is 0 Å². The highest BCUT2D eigenvalue weighted by molar-refractivity contribution is 5.70. The minimum Gasteiger partial charge on any atom is -0.544 e. The molecule has 0 aliphatic carbocycles. The molecule has 0 bridgehead atoms. The second kappa shape index (κ2) is 25.0. The highest BCUT2D eigenvalue weighted by atomic mass is 16.6. The molecule has 0 aliphatic heterocycles. The minimum atomic E-state index is -1.14. The van der Waals surface area contributed by atoms with Gasteiger partial charge in [-0.05, 0) is 44.9 Å². The maximum atomic E-state index is 12.4. The molecular weight excluding hydrogens is 522 g/mol. The topological polar surface area (TPSA) is 102 Å². The first-order valence-electron chi connectivity index (χ1n) is 15.2. The van der Waals surface area contributed by atoms with Crippen molar-refractivity contribution in [3.8, 4) is 0 Å². The van der Waals surface area contributed by atoms with Crippen molar-refractivity contribution >= 4 is 17.9 Å². The number of rotatable bonds is 25. The number of carbonyl (C=O) groups is 3. The average Bonchev–Trinajstić information content (AvgIpc) is 2.91. The molecule has 0 rings (SSSR count). The summed E-state index contributed by atoms with van der Waals surface area (Å²) in [5.74, 6) is -1.88. The van der Waals surface area contributed by atoms with Crippen LogP contribution in [0.4, 0.5) is 0 Å². The Labute approximate surface area is 248 Å². The summed E-state index contributed by atoms with van der Waals surface area (Å²) in [5, 5.41) is 11.4. The molecule has 0 aliphatic rings. The van der Waals surface area contributed by atoms with Gasteiger partial charge < -0.3 is 28.6 Å². The molecule has 0 fully saturated rings. The van der Waals surface area contributed by atoms with Crippen molar-refractivity contribution in [1.29, 1.82) is 0 Å². The maximum absolute atomic E-state index is 12.4. The second-order valence-electron chi connectivity index (χ2n) is 10.9. The molecule has 0 heterocycles. The number of nitrogens with zero attached hydrogens (tertiary/aromatic N) is 1. The molecule has 0 N–H and O–H groups in total. The van der Waals surface area contributed by atoms with Gasteiger partial charge in [0.25, 0.3) is 0 Å². The zero-order chi connectivity index (χ0) is 30.8. The lowest BCUT2D eigenvalue weighted by atomic mass is 10.1. The molecule has 0 amide bonds. The van der Waals surface area contributed by atoms with Crippen LogP contribution in [0.1, 0.15) is 90.9 Å². The number of hydrogen-bond acceptors (Lipinski definition) is 7. The number of allylic oxidation sites excluding steroid dienone is 8. The van der Waals surface area contributed by atoms with E-state index in [9.17, 15) is 19.5 Å². The first kappa shape index (κ1) is 38.3. The Kier molecular flexibility index (Phi) is 23.4. The monoisotopic (exact) mass is 577 g/mol. The van der Waals surface area contributed by atoms with Gasteiger partial charge in [-0.1, -0.05) is 75.3 Å². The van der Waals surface area contributed by atoms with Gasteiger partial charge in [-0.15, -0.1) is 0 Å². The predicted octanol–water partition coefficient (Wildman–Crippen LogP) is 5.23. The Morgan fingerprint density at radius 1 is 0.756 bits per heavy atom. The zero-order valence-corrected chi connectivity index (χ0v) is 26.2. The van der Waals surface area contributed by atoms with Gasteiger partial charge in [0.05, 0.1) is 40.3 Å². The van der Waals surface area contributed by atoms with E-state index in [1.165, 1.54) is 0 Å². The van der Waals surface area contributed by atoms with E-state index in [-0.39, 0.29) is 55.5 Å². The maximum Gasteiger partial charge on any atom is 0.306 e. The summed E-state index contributed by atoms with van der Waals surface area (Å²) in [6, 6.07) is -0.725. The van der Waals surface area contributed by atoms with E-state index in [0.717, 1.165) is 57.8 Å². The lowest BCUT2D eigenvalue weighted by Gasteiger charge is -2.34. The lowest BCUT2D eigenvalue weighted by Crippen LogP contribution is -2.55. The van der Waals surface area contributed by atoms with Crippen LogP contribution in [0.5, 0.6) is 0 Å². The predicted molar refractivity (Wildman–Crippen MR) is 162 cm³/mol. The zero-order valence-electron chi connectivity index (χ0n) is 26.2. The summed E-state index contributed by atoms with van der Waals surface area (Å²) in [6.07, 6.45) is 26.4. The molecule has 0 spiro atoms. The normalized spacial score (nSPS) is 13.9. The van der Waals surface area contributed by atoms with Gasteiger partial charge in [0, 0.05) is 19.3 Å². The van der Waals surface area contributed by atoms with Gasteiger partial charge >= 0.3 is 11.9 Å². The second-order valence-corrected chi connectivity index (χ2v) is 10.9. The molecule has 8 nitrogen and oxygen atoms in total. The number of carboxylic acids is 1. The Morgan fingerprint density at radius 2 is 1.34 bits per heavy atom. The van der Waals surface area contributed by atoms with Gasteiger partial charge in [-0.25, -0.2) is 0 Å². The van der Waals surface area contributed by atoms with E-state index in [1.54, 1.807) is 28.1 Å². The Morgan fingerprint density at radius 3 is 1.90 bits per heavy atom. The Hall–Kier alpha value is -2.71. The first-order chi connectivity index (χ1) is 19.6. The fourth-order valence-corrected chi connectivity index (χ4v) is 3.86. The summed E-state index contributed by atoms with van der Waals surface area (Å²) in [5.41, 5.74) is 0. The number of aliphatic carboxylic acids is 1. The van der Waals surface area contributed by atoms with Crippen molar-refractivity contribution in [1.82, 2.24) is 0 Å². The van der Waals surface area contributed by atoms with E-state index >= 15 is 0 Å². The number of ether oxygens (including phenoxy) is 3. The van der Waals surface area contributed by atoms with Crippen molar-refractivity contribution in [2.45, 2.75) is 103 Å². The molecule has 2 atom stereocenters. The largest absolute Gasteiger partial charge is 0.544 e. The molecule has 41 heavy (non-hydrogen) atoms. The number of hydrogen-bond donors (Lipinski definition) is 0. The van der Waals surface area contributed by atoms with Crippen LogP contribution in [0.25, 0.3) is 0 Å². The van der Waals surface area contributed by atoms with E-state index in [1.807, 2.05) is 0 Å². The number of carbonyl (C=O) groups excluding carboxylic acids is 3. The summed E-state index contributed by atoms with van der Waals surface area (Å²) >= 11 is 0. The number of carboxylic acid groups (broad SMARTS) is 1. The fourth-order valence-electron chi connectivity index (χ4n) is 3.86. The average molecular weight is 578 g/mol. The summed E-state index contributed by atoms with van der Waals surface area (Å²) in [4.78, 5) is 35.3. The molecule has 0 aromatic carbocycles. The van der Waals surface area contributed by atoms with E-state index < -0.39 is 18.1 Å². The summed E-state index contributed by atoms with van der Waals surface area (Å²) < 4.78 is 16.4. The Balaban J connectivity index is 4.18. The number of quaternary nitrogens is 1. The van der Waals surface area contributed by atoms with E-state index in [2.05, 4.69) is 55.5 Å². The SMILES string of the molecule is CC/C=C\C/C=C\C/C=C\C/C=C\CCCCCCC(=O)OC(COCCC(C(=O)[O-])[N+](C)(C)C)COC(=O)CC. The molecule has 0 aromatic heterocycles. The molecule has 2 unspecified atom stereocenters. The van der Waals surface area contributed by atoms with E-state index in [0.29, 0.717) is 0 Å². The Bertz CT molecular complexity index is 824. The van der Waals surface area contributed by atoms with Crippen LogP contribution in [-0.2, 0) is 28.6 Å². The van der Waals surface area contributed by atoms with Crippen molar-refractivity contribution in [3.05, 3.63) is 48.6 Å². The summed E-state index contributed by atoms with van der Waals surface area (Å²) in [6.45, 7) is 3.91. The third kappa shape index (κ3) is 23.7. The van der Waals surface area contributed by atoms with Crippen LogP contribution in [0, 0.1) is 0 Å². The third-order valence-corrected chi connectivity index (χ3v) is 6.28. The van der Waals surface area contributed by atoms with Crippen molar-refractivity contribution in [2.75, 3.05) is 41.0 Å². The highest BCUT2D eigenvalue weighted by Gasteiger charge is 2.25. The van der Waals surface area contributed by atoms with E-state index in [4.69, 9.17) is 14.2 Å². The minimum absolute atomic E-state index is 0.0223. The summed E-state index contributed by atoms with van der Waals surface area (Å²) in [7, 11) is 5.33. The number of esters is 2. The molecule has 8 heteroatoms. The highest BCUT2D eigenvalue weighted by Crippen LogP contribution is 2.10. The van der Waals surface area contributed by atoms with Crippen LogP contribution in [0.2, 0.25) is 0 Å². The van der Waals surface area contributed by atoms with Crippen LogP contribution in [0.3, 0.4) is 0 Å². The van der Waals surface area contributed by atoms with Crippen molar-refractivity contribution in [2.24, 2.45) is 0 Å². The molecular formula is C33H55NO7. The van der Waals surface area contributed by atoms with Crippen LogP contribution >= 0.6 is 0 Å². The fraction of sp³-hybridized carbons (Fsp3) is 0.667.